The van der Waals surface area contributed by atoms with E-state index in [9.17, 15) is 19.5 Å². The molecule has 9 heteroatoms. The van der Waals surface area contributed by atoms with E-state index in [-0.39, 0.29) is 6.54 Å². The molecular weight excluding hydrogens is 286 g/mol. The summed E-state index contributed by atoms with van der Waals surface area (Å²) in [6.45, 7) is 3.31. The molecule has 0 aliphatic carbocycles. The molecule has 0 aromatic carbocycles. The Hall–Kier alpha value is -1.71. The highest BCUT2D eigenvalue weighted by Crippen LogP contribution is 2.27. The Kier molecular flexibility index (Phi) is 6.06. The zero-order valence-corrected chi connectivity index (χ0v) is 12.0. The number of esters is 3. The van der Waals surface area contributed by atoms with Gasteiger partial charge >= 0.3 is 17.9 Å². The molecule has 0 aromatic rings. The summed E-state index contributed by atoms with van der Waals surface area (Å²) in [6, 6.07) is 0. The SMILES string of the molecule is CC(=O)OC1C(O)OC(CN)C(OC(C)=O)C1OC(C)=O. The third-order valence-corrected chi connectivity index (χ3v) is 2.75. The van der Waals surface area contributed by atoms with Crippen LogP contribution in [-0.4, -0.2) is 60.3 Å². The summed E-state index contributed by atoms with van der Waals surface area (Å²) in [6.07, 6.45) is -6.09. The number of rotatable bonds is 4. The molecule has 120 valence electrons. The molecule has 0 bridgehead atoms. The van der Waals surface area contributed by atoms with Crippen molar-refractivity contribution in [2.24, 2.45) is 5.73 Å². The Morgan fingerprint density at radius 1 is 0.952 bits per heavy atom. The maximum absolute atomic E-state index is 11.2. The Labute approximate surface area is 121 Å². The fraction of sp³-hybridized carbons (Fsp3) is 0.750. The summed E-state index contributed by atoms with van der Waals surface area (Å²) >= 11 is 0. The molecule has 1 heterocycles. The van der Waals surface area contributed by atoms with Crippen LogP contribution in [0.1, 0.15) is 20.8 Å². The minimum atomic E-state index is -1.56. The molecule has 5 unspecified atom stereocenters. The second-order valence-electron chi connectivity index (χ2n) is 4.52. The highest BCUT2D eigenvalue weighted by atomic mass is 16.7. The Morgan fingerprint density at radius 2 is 1.38 bits per heavy atom. The predicted octanol–water partition coefficient (Wildman–Crippen LogP) is -1.54. The van der Waals surface area contributed by atoms with Gasteiger partial charge in [0.25, 0.3) is 0 Å². The average molecular weight is 305 g/mol. The summed E-state index contributed by atoms with van der Waals surface area (Å²) in [7, 11) is 0. The smallest absolute Gasteiger partial charge is 0.303 e. The largest absolute Gasteiger partial charge is 0.456 e. The second-order valence-corrected chi connectivity index (χ2v) is 4.52. The molecule has 0 saturated carbocycles. The quantitative estimate of drug-likeness (QED) is 0.468. The van der Waals surface area contributed by atoms with Crippen molar-refractivity contribution in [1.82, 2.24) is 0 Å². The van der Waals surface area contributed by atoms with Crippen molar-refractivity contribution < 1.29 is 38.4 Å². The van der Waals surface area contributed by atoms with E-state index in [4.69, 9.17) is 24.7 Å². The van der Waals surface area contributed by atoms with E-state index >= 15 is 0 Å². The third kappa shape index (κ3) is 4.66. The molecule has 21 heavy (non-hydrogen) atoms. The lowest BCUT2D eigenvalue weighted by molar-refractivity contribution is -0.289. The van der Waals surface area contributed by atoms with E-state index in [0.717, 1.165) is 20.8 Å². The Bertz CT molecular complexity index is 412. The van der Waals surface area contributed by atoms with Crippen LogP contribution in [-0.2, 0) is 33.3 Å². The summed E-state index contributed by atoms with van der Waals surface area (Å²) < 4.78 is 20.1. The second kappa shape index (κ2) is 7.34. The van der Waals surface area contributed by atoms with Gasteiger partial charge in [0.05, 0.1) is 0 Å². The number of nitrogens with two attached hydrogens (primary N) is 1. The summed E-state index contributed by atoms with van der Waals surface area (Å²) in [4.78, 5) is 33.5. The first kappa shape index (κ1) is 17.3. The fourth-order valence-electron chi connectivity index (χ4n) is 2.06. The molecule has 1 saturated heterocycles. The maximum atomic E-state index is 11.2. The lowest BCUT2D eigenvalue weighted by Gasteiger charge is -2.42. The number of aliphatic hydroxyl groups is 1. The first-order valence-corrected chi connectivity index (χ1v) is 6.31. The van der Waals surface area contributed by atoms with Crippen molar-refractivity contribution in [3.8, 4) is 0 Å². The van der Waals surface area contributed by atoms with Gasteiger partial charge in [-0.1, -0.05) is 0 Å². The molecule has 1 aliphatic heterocycles. The van der Waals surface area contributed by atoms with Gasteiger partial charge in [-0.05, 0) is 0 Å². The normalized spacial score (nSPS) is 32.1. The lowest BCUT2D eigenvalue weighted by atomic mass is 9.98. The summed E-state index contributed by atoms with van der Waals surface area (Å²) in [5, 5.41) is 9.87. The van der Waals surface area contributed by atoms with Gasteiger partial charge in [0, 0.05) is 27.3 Å². The molecule has 0 radical (unpaired) electrons. The third-order valence-electron chi connectivity index (χ3n) is 2.75. The zero-order chi connectivity index (χ0) is 16.2. The van der Waals surface area contributed by atoms with Gasteiger partial charge in [0.15, 0.2) is 24.6 Å². The van der Waals surface area contributed by atoms with Crippen molar-refractivity contribution in [1.29, 1.82) is 0 Å². The van der Waals surface area contributed by atoms with Gasteiger partial charge in [-0.15, -0.1) is 0 Å². The number of carbonyl (C=O) groups excluding carboxylic acids is 3. The molecule has 1 aliphatic rings. The van der Waals surface area contributed by atoms with Gasteiger partial charge in [0.2, 0.25) is 0 Å². The zero-order valence-electron chi connectivity index (χ0n) is 12.0. The monoisotopic (exact) mass is 305 g/mol. The van der Waals surface area contributed by atoms with Crippen molar-refractivity contribution in [2.75, 3.05) is 6.54 Å². The van der Waals surface area contributed by atoms with Crippen molar-refractivity contribution in [3.63, 3.8) is 0 Å². The molecule has 9 nitrogen and oxygen atoms in total. The van der Waals surface area contributed by atoms with Crippen LogP contribution >= 0.6 is 0 Å². The minimum Gasteiger partial charge on any atom is -0.456 e. The molecular formula is C12H19NO8. The first-order valence-electron chi connectivity index (χ1n) is 6.31. The molecule has 1 rings (SSSR count). The standard InChI is InChI=1S/C12H19NO8/c1-5(14)18-9-8(4-13)21-12(17)11(20-7(3)16)10(9)19-6(2)15/h8-12,17H,4,13H2,1-3H3. The van der Waals surface area contributed by atoms with Crippen LogP contribution < -0.4 is 5.73 Å². The number of aliphatic hydroxyl groups excluding tert-OH is 1. The number of hydrogen-bond donors (Lipinski definition) is 2. The lowest BCUT2D eigenvalue weighted by Crippen LogP contribution is -2.62. The van der Waals surface area contributed by atoms with E-state index in [1.54, 1.807) is 0 Å². The Balaban J connectivity index is 3.08. The maximum Gasteiger partial charge on any atom is 0.303 e. The topological polar surface area (TPSA) is 134 Å². The molecule has 0 amide bonds. The highest BCUT2D eigenvalue weighted by Gasteiger charge is 2.50. The van der Waals surface area contributed by atoms with E-state index in [1.807, 2.05) is 0 Å². The number of carbonyl (C=O) groups is 3. The first-order chi connectivity index (χ1) is 9.76. The van der Waals surface area contributed by atoms with Gasteiger partial charge in [-0.2, -0.15) is 0 Å². The fourth-order valence-corrected chi connectivity index (χ4v) is 2.06. The van der Waals surface area contributed by atoms with Crippen LogP contribution in [0.25, 0.3) is 0 Å². The number of ether oxygens (including phenoxy) is 4. The van der Waals surface area contributed by atoms with Crippen molar-refractivity contribution >= 4 is 17.9 Å². The van der Waals surface area contributed by atoms with Gasteiger partial charge < -0.3 is 29.8 Å². The van der Waals surface area contributed by atoms with Crippen LogP contribution in [0.2, 0.25) is 0 Å². The predicted molar refractivity (Wildman–Crippen MR) is 66.6 cm³/mol. The number of hydrogen-bond acceptors (Lipinski definition) is 9. The summed E-state index contributed by atoms with van der Waals surface area (Å²) in [5.41, 5.74) is 5.50. The molecule has 3 N–H and O–H groups in total. The van der Waals surface area contributed by atoms with Crippen molar-refractivity contribution in [3.05, 3.63) is 0 Å². The van der Waals surface area contributed by atoms with Gasteiger partial charge in [-0.3, -0.25) is 14.4 Å². The van der Waals surface area contributed by atoms with Crippen LogP contribution in [0, 0.1) is 0 Å². The van der Waals surface area contributed by atoms with Gasteiger partial charge in [-0.25, -0.2) is 0 Å². The van der Waals surface area contributed by atoms with Crippen LogP contribution in [0.4, 0.5) is 0 Å². The van der Waals surface area contributed by atoms with E-state index in [1.165, 1.54) is 0 Å². The molecule has 1 fully saturated rings. The molecule has 0 aromatic heterocycles. The van der Waals surface area contributed by atoms with Crippen LogP contribution in [0.3, 0.4) is 0 Å². The minimum absolute atomic E-state index is 0.0977. The highest BCUT2D eigenvalue weighted by molar-refractivity contribution is 5.68. The summed E-state index contributed by atoms with van der Waals surface area (Å²) in [5.74, 6) is -2.07. The Morgan fingerprint density at radius 3 is 1.81 bits per heavy atom. The van der Waals surface area contributed by atoms with E-state index in [0.29, 0.717) is 0 Å². The van der Waals surface area contributed by atoms with Crippen LogP contribution in [0.5, 0.6) is 0 Å². The molecule has 0 spiro atoms. The van der Waals surface area contributed by atoms with Gasteiger partial charge in [0.1, 0.15) is 6.10 Å². The molecule has 5 atom stereocenters. The van der Waals surface area contributed by atoms with Crippen LogP contribution in [0.15, 0.2) is 0 Å². The van der Waals surface area contributed by atoms with E-state index in [2.05, 4.69) is 0 Å². The van der Waals surface area contributed by atoms with Crippen molar-refractivity contribution in [2.45, 2.75) is 51.5 Å². The van der Waals surface area contributed by atoms with E-state index < -0.39 is 48.6 Å². The average Bonchev–Trinajstić information content (AvgIpc) is 2.35.